The Morgan fingerprint density at radius 1 is 1.08 bits per heavy atom. The standard InChI is InChI=1S/C18H23N5O/c1-15-3-5-16(6-4-15)13-21-17(24)14-22-9-11-23(12-10-22)18-19-7-2-8-20-18/h2-8H,9-14H2,1H3,(H,21,24). The molecule has 0 radical (unpaired) electrons. The number of benzene rings is 1. The number of aryl methyl sites for hydroxylation is 1. The molecule has 1 fully saturated rings. The van der Waals surface area contributed by atoms with E-state index in [0.29, 0.717) is 13.1 Å². The summed E-state index contributed by atoms with van der Waals surface area (Å²) in [5.41, 5.74) is 2.35. The minimum Gasteiger partial charge on any atom is -0.351 e. The maximum atomic E-state index is 12.1. The molecule has 0 saturated carbocycles. The number of carbonyl (C=O) groups excluding carboxylic acids is 1. The van der Waals surface area contributed by atoms with Crippen LogP contribution in [-0.2, 0) is 11.3 Å². The number of carbonyl (C=O) groups is 1. The van der Waals surface area contributed by atoms with Gasteiger partial charge in [-0.2, -0.15) is 0 Å². The summed E-state index contributed by atoms with van der Waals surface area (Å²) in [5, 5.41) is 2.99. The van der Waals surface area contributed by atoms with Gasteiger partial charge in [0.2, 0.25) is 11.9 Å². The van der Waals surface area contributed by atoms with Crippen molar-refractivity contribution >= 4 is 11.9 Å². The summed E-state index contributed by atoms with van der Waals surface area (Å²) in [7, 11) is 0. The van der Waals surface area contributed by atoms with Crippen molar-refractivity contribution in [2.24, 2.45) is 0 Å². The normalized spacial score (nSPS) is 15.3. The van der Waals surface area contributed by atoms with Crippen molar-refractivity contribution in [1.82, 2.24) is 20.2 Å². The van der Waals surface area contributed by atoms with Gasteiger partial charge >= 0.3 is 0 Å². The van der Waals surface area contributed by atoms with Crippen LogP contribution < -0.4 is 10.2 Å². The van der Waals surface area contributed by atoms with Crippen molar-refractivity contribution in [1.29, 1.82) is 0 Å². The summed E-state index contributed by atoms with van der Waals surface area (Å²) in [6, 6.07) is 10.0. The van der Waals surface area contributed by atoms with Crippen molar-refractivity contribution in [2.45, 2.75) is 13.5 Å². The molecule has 1 aromatic carbocycles. The van der Waals surface area contributed by atoms with Crippen LogP contribution in [0.5, 0.6) is 0 Å². The molecule has 1 aliphatic heterocycles. The van der Waals surface area contributed by atoms with E-state index in [1.54, 1.807) is 12.4 Å². The van der Waals surface area contributed by atoms with Gasteiger partial charge < -0.3 is 10.2 Å². The molecule has 2 aromatic rings. The molecule has 24 heavy (non-hydrogen) atoms. The first-order chi connectivity index (χ1) is 11.7. The van der Waals surface area contributed by atoms with E-state index < -0.39 is 0 Å². The van der Waals surface area contributed by atoms with Crippen LogP contribution >= 0.6 is 0 Å². The third-order valence-corrected chi connectivity index (χ3v) is 4.18. The summed E-state index contributed by atoms with van der Waals surface area (Å²) in [4.78, 5) is 25.0. The zero-order valence-electron chi connectivity index (χ0n) is 14.0. The lowest BCUT2D eigenvalue weighted by atomic mass is 10.1. The van der Waals surface area contributed by atoms with Crippen LogP contribution in [0.4, 0.5) is 5.95 Å². The van der Waals surface area contributed by atoms with Crippen LogP contribution in [0.15, 0.2) is 42.7 Å². The van der Waals surface area contributed by atoms with Gasteiger partial charge in [-0.15, -0.1) is 0 Å². The van der Waals surface area contributed by atoms with Crippen LogP contribution in [0.25, 0.3) is 0 Å². The van der Waals surface area contributed by atoms with Gasteiger partial charge in [-0.3, -0.25) is 9.69 Å². The lowest BCUT2D eigenvalue weighted by molar-refractivity contribution is -0.122. The first-order valence-corrected chi connectivity index (χ1v) is 8.27. The predicted octanol–water partition coefficient (Wildman–Crippen LogP) is 1.22. The van der Waals surface area contributed by atoms with E-state index in [1.807, 2.05) is 18.2 Å². The molecule has 126 valence electrons. The topological polar surface area (TPSA) is 61.4 Å². The van der Waals surface area contributed by atoms with Crippen LogP contribution in [-0.4, -0.2) is 53.5 Å². The Labute approximate surface area is 142 Å². The van der Waals surface area contributed by atoms with Gasteiger partial charge in [-0.1, -0.05) is 29.8 Å². The predicted molar refractivity (Wildman–Crippen MR) is 93.7 cm³/mol. The number of nitrogens with one attached hydrogen (secondary N) is 1. The smallest absolute Gasteiger partial charge is 0.234 e. The Hall–Kier alpha value is -2.47. The minimum atomic E-state index is 0.0694. The second-order valence-corrected chi connectivity index (χ2v) is 6.07. The van der Waals surface area contributed by atoms with Gasteiger partial charge in [0, 0.05) is 45.1 Å². The molecule has 1 N–H and O–H groups in total. The zero-order chi connectivity index (χ0) is 16.8. The quantitative estimate of drug-likeness (QED) is 0.896. The number of rotatable bonds is 5. The van der Waals surface area contributed by atoms with E-state index in [4.69, 9.17) is 0 Å². The molecule has 1 aromatic heterocycles. The van der Waals surface area contributed by atoms with E-state index in [0.717, 1.165) is 37.7 Å². The third-order valence-electron chi connectivity index (χ3n) is 4.18. The molecule has 0 bridgehead atoms. The van der Waals surface area contributed by atoms with Crippen LogP contribution in [0, 0.1) is 6.92 Å². The molecule has 1 amide bonds. The molecule has 0 atom stereocenters. The summed E-state index contributed by atoms with van der Waals surface area (Å²) in [5.74, 6) is 0.834. The fourth-order valence-electron chi connectivity index (χ4n) is 2.73. The molecule has 0 spiro atoms. The molecule has 1 aliphatic rings. The van der Waals surface area contributed by atoms with Crippen molar-refractivity contribution in [3.05, 3.63) is 53.9 Å². The molecule has 6 nitrogen and oxygen atoms in total. The second kappa shape index (κ2) is 7.88. The Kier molecular flexibility index (Phi) is 5.38. The highest BCUT2D eigenvalue weighted by atomic mass is 16.2. The van der Waals surface area contributed by atoms with Gasteiger partial charge in [-0.25, -0.2) is 9.97 Å². The van der Waals surface area contributed by atoms with Crippen molar-refractivity contribution in [2.75, 3.05) is 37.6 Å². The number of aromatic nitrogens is 2. The van der Waals surface area contributed by atoms with E-state index >= 15 is 0 Å². The summed E-state index contributed by atoms with van der Waals surface area (Å²) >= 11 is 0. The maximum absolute atomic E-state index is 12.1. The van der Waals surface area contributed by atoms with Gasteiger partial charge in [0.25, 0.3) is 0 Å². The first-order valence-electron chi connectivity index (χ1n) is 8.27. The number of piperazine rings is 1. The minimum absolute atomic E-state index is 0.0694. The summed E-state index contributed by atoms with van der Waals surface area (Å²) < 4.78 is 0. The Bertz CT molecular complexity index is 651. The van der Waals surface area contributed by atoms with Gasteiger partial charge in [0.15, 0.2) is 0 Å². The summed E-state index contributed by atoms with van der Waals surface area (Å²) in [6.45, 7) is 6.45. The number of hydrogen-bond donors (Lipinski definition) is 1. The third kappa shape index (κ3) is 4.52. The van der Waals surface area contributed by atoms with Gasteiger partial charge in [0.1, 0.15) is 0 Å². The molecule has 6 heteroatoms. The molecule has 2 heterocycles. The lowest BCUT2D eigenvalue weighted by Crippen LogP contribution is -2.49. The summed E-state index contributed by atoms with van der Waals surface area (Å²) in [6.07, 6.45) is 3.51. The van der Waals surface area contributed by atoms with Gasteiger partial charge in [0.05, 0.1) is 6.54 Å². The van der Waals surface area contributed by atoms with Crippen LogP contribution in [0.2, 0.25) is 0 Å². The lowest BCUT2D eigenvalue weighted by Gasteiger charge is -2.34. The van der Waals surface area contributed by atoms with E-state index in [-0.39, 0.29) is 5.91 Å². The molecular formula is C18H23N5O. The largest absolute Gasteiger partial charge is 0.351 e. The average Bonchev–Trinajstić information content (AvgIpc) is 2.63. The highest BCUT2D eigenvalue weighted by Crippen LogP contribution is 2.09. The fourth-order valence-corrected chi connectivity index (χ4v) is 2.73. The SMILES string of the molecule is Cc1ccc(CNC(=O)CN2CCN(c3ncccn3)CC2)cc1. The first kappa shape index (κ1) is 16.4. The zero-order valence-corrected chi connectivity index (χ0v) is 14.0. The molecule has 0 unspecified atom stereocenters. The van der Waals surface area contributed by atoms with E-state index in [9.17, 15) is 4.79 Å². The highest BCUT2D eigenvalue weighted by Gasteiger charge is 2.20. The maximum Gasteiger partial charge on any atom is 0.234 e. The van der Waals surface area contributed by atoms with E-state index in [2.05, 4.69) is 44.1 Å². The van der Waals surface area contributed by atoms with Crippen LogP contribution in [0.1, 0.15) is 11.1 Å². The average molecular weight is 325 g/mol. The fraction of sp³-hybridized carbons (Fsp3) is 0.389. The van der Waals surface area contributed by atoms with Gasteiger partial charge in [-0.05, 0) is 18.6 Å². The molecular weight excluding hydrogens is 302 g/mol. The van der Waals surface area contributed by atoms with E-state index in [1.165, 1.54) is 5.56 Å². The molecule has 3 rings (SSSR count). The number of hydrogen-bond acceptors (Lipinski definition) is 5. The van der Waals surface area contributed by atoms with Crippen LogP contribution in [0.3, 0.4) is 0 Å². The number of anilines is 1. The second-order valence-electron chi connectivity index (χ2n) is 6.07. The Balaban J connectivity index is 1.41. The number of amides is 1. The van der Waals surface area contributed by atoms with Crippen molar-refractivity contribution in [3.63, 3.8) is 0 Å². The van der Waals surface area contributed by atoms with Crippen molar-refractivity contribution in [3.8, 4) is 0 Å². The monoisotopic (exact) mass is 325 g/mol. The molecule has 0 aliphatic carbocycles. The van der Waals surface area contributed by atoms with Crippen molar-refractivity contribution < 1.29 is 4.79 Å². The number of nitrogens with zero attached hydrogens (tertiary/aromatic N) is 4. The Morgan fingerprint density at radius 3 is 2.42 bits per heavy atom. The molecule has 1 saturated heterocycles. The Morgan fingerprint density at radius 2 is 1.75 bits per heavy atom. The highest BCUT2D eigenvalue weighted by molar-refractivity contribution is 5.78.